The number of hydrogen-bond acceptors (Lipinski definition) is 4. The van der Waals surface area contributed by atoms with Gasteiger partial charge in [-0.25, -0.2) is 0 Å². The third-order valence-electron chi connectivity index (χ3n) is 2.06. The summed E-state index contributed by atoms with van der Waals surface area (Å²) in [5.41, 5.74) is 0. The molecule has 0 radical (unpaired) electrons. The van der Waals surface area contributed by atoms with Crippen molar-refractivity contribution in [1.29, 1.82) is 0 Å². The van der Waals surface area contributed by atoms with Crippen LogP contribution in [0.4, 0.5) is 0 Å². The number of carbonyl (C=O) groups excluding carboxylic acids is 1. The molecule has 90 valence electrons. The third kappa shape index (κ3) is 6.71. The van der Waals surface area contributed by atoms with Crippen LogP contribution in [-0.2, 0) is 19.0 Å². The summed E-state index contributed by atoms with van der Waals surface area (Å²) in [5, 5.41) is 0. The van der Waals surface area contributed by atoms with E-state index < -0.39 is 0 Å². The Hall–Kier alpha value is -0.320. The van der Waals surface area contributed by atoms with Gasteiger partial charge in [0.25, 0.3) is 0 Å². The Bertz CT molecular complexity index is 171. The predicted molar refractivity (Wildman–Crippen MR) is 58.2 cm³/mol. The predicted octanol–water partition coefficient (Wildman–Crippen LogP) is 1.60. The zero-order chi connectivity index (χ0) is 11.7. The van der Waals surface area contributed by atoms with Crippen molar-refractivity contribution in [2.24, 2.45) is 0 Å². The standard InChI is InChI=1S/C10H19ClO4/c1-4-15-10(12)6-8(13-2)5-9(7-11)14-3/h8-9H,4-7H2,1-3H3/t8-,9+/m1/s1. The van der Waals surface area contributed by atoms with E-state index in [-0.39, 0.29) is 24.6 Å². The highest BCUT2D eigenvalue weighted by molar-refractivity contribution is 6.18. The van der Waals surface area contributed by atoms with E-state index in [0.717, 1.165) is 0 Å². The molecule has 0 saturated carbocycles. The largest absolute Gasteiger partial charge is 0.466 e. The summed E-state index contributed by atoms with van der Waals surface area (Å²) in [5.74, 6) is 0.132. The Morgan fingerprint density at radius 1 is 1.27 bits per heavy atom. The summed E-state index contributed by atoms with van der Waals surface area (Å²) < 4.78 is 15.1. The number of esters is 1. The number of rotatable bonds is 8. The minimum Gasteiger partial charge on any atom is -0.466 e. The molecule has 0 saturated heterocycles. The van der Waals surface area contributed by atoms with Crippen molar-refractivity contribution >= 4 is 17.6 Å². The molecule has 0 bridgehead atoms. The second-order valence-corrected chi connectivity index (χ2v) is 3.42. The molecule has 0 aliphatic heterocycles. The summed E-state index contributed by atoms with van der Waals surface area (Å²) in [6.07, 6.45) is 0.537. The molecule has 5 heteroatoms. The van der Waals surface area contributed by atoms with Crippen molar-refractivity contribution in [3.05, 3.63) is 0 Å². The van der Waals surface area contributed by atoms with Gasteiger partial charge in [-0.15, -0.1) is 11.6 Å². The van der Waals surface area contributed by atoms with E-state index in [1.165, 1.54) is 0 Å². The Labute approximate surface area is 95.8 Å². The lowest BCUT2D eigenvalue weighted by atomic mass is 10.1. The fraction of sp³-hybridized carbons (Fsp3) is 0.900. The van der Waals surface area contributed by atoms with Crippen molar-refractivity contribution in [2.45, 2.75) is 32.0 Å². The van der Waals surface area contributed by atoms with Gasteiger partial charge in [-0.1, -0.05) is 0 Å². The first-order chi connectivity index (χ1) is 7.17. The minimum absolute atomic E-state index is 0.0916. The van der Waals surface area contributed by atoms with Gasteiger partial charge in [0.05, 0.1) is 25.2 Å². The fourth-order valence-corrected chi connectivity index (χ4v) is 1.44. The number of halogens is 1. The lowest BCUT2D eigenvalue weighted by Gasteiger charge is -2.19. The highest BCUT2D eigenvalue weighted by Crippen LogP contribution is 2.11. The van der Waals surface area contributed by atoms with Gasteiger partial charge in [-0.3, -0.25) is 4.79 Å². The zero-order valence-corrected chi connectivity index (χ0v) is 10.3. The Morgan fingerprint density at radius 3 is 2.27 bits per heavy atom. The average molecular weight is 239 g/mol. The van der Waals surface area contributed by atoms with E-state index in [2.05, 4.69) is 0 Å². The molecule has 15 heavy (non-hydrogen) atoms. The van der Waals surface area contributed by atoms with Crippen LogP contribution < -0.4 is 0 Å². The summed E-state index contributed by atoms with van der Waals surface area (Å²) >= 11 is 5.67. The molecule has 0 spiro atoms. The fourth-order valence-electron chi connectivity index (χ4n) is 1.18. The molecule has 0 unspecified atom stereocenters. The van der Waals surface area contributed by atoms with Gasteiger partial charge in [-0.05, 0) is 6.92 Å². The van der Waals surface area contributed by atoms with Crippen molar-refractivity contribution in [1.82, 2.24) is 0 Å². The maximum Gasteiger partial charge on any atom is 0.308 e. The maximum absolute atomic E-state index is 11.2. The van der Waals surface area contributed by atoms with Gasteiger partial charge in [0.2, 0.25) is 0 Å². The lowest BCUT2D eigenvalue weighted by molar-refractivity contribution is -0.146. The van der Waals surface area contributed by atoms with Crippen LogP contribution in [0.15, 0.2) is 0 Å². The van der Waals surface area contributed by atoms with Gasteiger partial charge in [0, 0.05) is 26.5 Å². The van der Waals surface area contributed by atoms with Crippen LogP contribution in [0.3, 0.4) is 0 Å². The van der Waals surface area contributed by atoms with Crippen LogP contribution in [0, 0.1) is 0 Å². The van der Waals surface area contributed by atoms with Gasteiger partial charge >= 0.3 is 5.97 Å². The average Bonchev–Trinajstić information content (AvgIpc) is 2.24. The van der Waals surface area contributed by atoms with Crippen LogP contribution in [0.25, 0.3) is 0 Å². The zero-order valence-electron chi connectivity index (χ0n) is 9.49. The molecule has 0 aliphatic carbocycles. The smallest absolute Gasteiger partial charge is 0.308 e. The number of hydrogen-bond donors (Lipinski definition) is 0. The van der Waals surface area contributed by atoms with E-state index >= 15 is 0 Å². The molecular formula is C10H19ClO4. The first-order valence-corrected chi connectivity index (χ1v) is 5.48. The SMILES string of the molecule is CCOC(=O)C[C@@H](C[C@@H](CCl)OC)OC. The van der Waals surface area contributed by atoms with Gasteiger partial charge in [0.15, 0.2) is 0 Å². The van der Waals surface area contributed by atoms with Crippen LogP contribution in [0.1, 0.15) is 19.8 Å². The van der Waals surface area contributed by atoms with Crippen LogP contribution >= 0.6 is 11.6 Å². The first kappa shape index (κ1) is 14.7. The quantitative estimate of drug-likeness (QED) is 0.476. The summed E-state index contributed by atoms with van der Waals surface area (Å²) in [6, 6.07) is 0. The monoisotopic (exact) mass is 238 g/mol. The molecule has 0 aromatic rings. The first-order valence-electron chi connectivity index (χ1n) is 4.95. The van der Waals surface area contributed by atoms with Gasteiger partial charge in [0.1, 0.15) is 0 Å². The van der Waals surface area contributed by atoms with E-state index in [1.54, 1.807) is 21.1 Å². The molecule has 0 rings (SSSR count). The van der Waals surface area contributed by atoms with E-state index in [4.69, 9.17) is 25.8 Å². The number of carbonyl (C=O) groups is 1. The highest BCUT2D eigenvalue weighted by atomic mass is 35.5. The normalized spacial score (nSPS) is 14.7. The molecule has 4 nitrogen and oxygen atoms in total. The maximum atomic E-state index is 11.2. The van der Waals surface area contributed by atoms with Crippen molar-refractivity contribution in [3.8, 4) is 0 Å². The third-order valence-corrected chi connectivity index (χ3v) is 2.41. The molecule has 0 N–H and O–H groups in total. The van der Waals surface area contributed by atoms with Crippen LogP contribution in [-0.4, -0.2) is 44.9 Å². The summed E-state index contributed by atoms with van der Waals surface area (Å²) in [6.45, 7) is 2.16. The molecule has 0 amide bonds. The number of methoxy groups -OCH3 is 2. The minimum atomic E-state index is -0.256. The van der Waals surface area contributed by atoms with Gasteiger partial charge in [-0.2, -0.15) is 0 Å². The van der Waals surface area contributed by atoms with Crippen molar-refractivity contribution < 1.29 is 19.0 Å². The van der Waals surface area contributed by atoms with E-state index in [1.807, 2.05) is 0 Å². The second-order valence-electron chi connectivity index (χ2n) is 3.11. The Morgan fingerprint density at radius 2 is 1.87 bits per heavy atom. The Balaban J connectivity index is 3.95. The Kier molecular flexibility index (Phi) is 8.76. The summed E-state index contributed by atoms with van der Waals surface area (Å²) in [4.78, 5) is 11.2. The topological polar surface area (TPSA) is 44.8 Å². The van der Waals surface area contributed by atoms with Crippen LogP contribution in [0.2, 0.25) is 0 Å². The van der Waals surface area contributed by atoms with E-state index in [9.17, 15) is 4.79 Å². The lowest BCUT2D eigenvalue weighted by Crippen LogP contribution is -2.25. The number of alkyl halides is 1. The van der Waals surface area contributed by atoms with Gasteiger partial charge < -0.3 is 14.2 Å². The molecule has 0 aromatic carbocycles. The molecule has 0 aromatic heterocycles. The second kappa shape index (κ2) is 8.95. The molecule has 0 aliphatic rings. The number of ether oxygens (including phenoxy) is 3. The van der Waals surface area contributed by atoms with Crippen LogP contribution in [0.5, 0.6) is 0 Å². The molecule has 2 atom stereocenters. The molecule has 0 fully saturated rings. The van der Waals surface area contributed by atoms with E-state index in [0.29, 0.717) is 18.9 Å². The van der Waals surface area contributed by atoms with Crippen molar-refractivity contribution in [3.63, 3.8) is 0 Å². The van der Waals surface area contributed by atoms with Crippen molar-refractivity contribution in [2.75, 3.05) is 26.7 Å². The highest BCUT2D eigenvalue weighted by Gasteiger charge is 2.18. The molecular weight excluding hydrogens is 220 g/mol. The summed E-state index contributed by atoms with van der Waals surface area (Å²) in [7, 11) is 3.15. The molecule has 0 heterocycles.